The van der Waals surface area contributed by atoms with Crippen LogP contribution in [0.3, 0.4) is 0 Å². The quantitative estimate of drug-likeness (QED) is 0.663. The lowest BCUT2D eigenvalue weighted by Crippen LogP contribution is -2.59. The normalized spacial score (nSPS) is 16.5. The summed E-state index contributed by atoms with van der Waals surface area (Å²) in [5, 5.41) is 14.1. The number of rotatable bonds is 6. The highest BCUT2D eigenvalue weighted by molar-refractivity contribution is 5.91. The van der Waals surface area contributed by atoms with Crippen molar-refractivity contribution >= 4 is 17.9 Å². The van der Waals surface area contributed by atoms with Gasteiger partial charge in [0.1, 0.15) is 5.54 Å². The average molecular weight is 285 g/mol. The number of carbonyl (C=O) groups excluding carboxylic acids is 2. The summed E-state index contributed by atoms with van der Waals surface area (Å²) < 4.78 is 0. The summed E-state index contributed by atoms with van der Waals surface area (Å²) in [6.07, 6.45) is 2.86. The zero-order valence-electron chi connectivity index (χ0n) is 12.1. The van der Waals surface area contributed by atoms with Crippen molar-refractivity contribution in [2.24, 2.45) is 0 Å². The van der Waals surface area contributed by atoms with Gasteiger partial charge in [-0.2, -0.15) is 0 Å². The average Bonchev–Trinajstić information content (AvgIpc) is 2.84. The number of nitrogens with zero attached hydrogens (tertiary/aromatic N) is 1. The Hall–Kier alpha value is -1.79. The van der Waals surface area contributed by atoms with Crippen LogP contribution in [0.2, 0.25) is 0 Å². The van der Waals surface area contributed by atoms with Gasteiger partial charge < -0.3 is 20.6 Å². The maximum atomic E-state index is 12.5. The Morgan fingerprint density at radius 2 is 1.85 bits per heavy atom. The Morgan fingerprint density at radius 3 is 2.35 bits per heavy atom. The lowest BCUT2D eigenvalue weighted by Gasteiger charge is -2.33. The molecular weight excluding hydrogens is 262 g/mol. The third kappa shape index (κ3) is 4.11. The van der Waals surface area contributed by atoms with E-state index in [1.54, 1.807) is 7.05 Å². The van der Waals surface area contributed by atoms with Gasteiger partial charge in [0.15, 0.2) is 0 Å². The standard InChI is InChI=1S/C13H23N3O4/c1-3-14-12(20)15-13(7-4-5-8-13)11(19)16(2)9-6-10(17)18/h3-9H2,1-2H3,(H,17,18)(H2,14,15,20). The molecule has 1 aliphatic rings. The molecule has 0 heterocycles. The highest BCUT2D eigenvalue weighted by atomic mass is 16.4. The first-order valence-corrected chi connectivity index (χ1v) is 6.94. The van der Waals surface area contributed by atoms with Crippen LogP contribution in [0.4, 0.5) is 4.79 Å². The molecule has 0 aliphatic heterocycles. The van der Waals surface area contributed by atoms with Crippen molar-refractivity contribution in [3.8, 4) is 0 Å². The monoisotopic (exact) mass is 285 g/mol. The number of nitrogens with one attached hydrogen (secondary N) is 2. The largest absolute Gasteiger partial charge is 0.481 e. The van der Waals surface area contributed by atoms with E-state index in [4.69, 9.17) is 5.11 Å². The molecule has 114 valence electrons. The van der Waals surface area contributed by atoms with Crippen LogP contribution in [0.5, 0.6) is 0 Å². The molecule has 0 unspecified atom stereocenters. The lowest BCUT2D eigenvalue weighted by molar-refractivity contribution is -0.140. The summed E-state index contributed by atoms with van der Waals surface area (Å²) in [4.78, 5) is 36.2. The minimum atomic E-state index is -0.943. The Bertz CT molecular complexity index is 378. The molecule has 0 saturated heterocycles. The summed E-state index contributed by atoms with van der Waals surface area (Å²) in [7, 11) is 1.57. The molecule has 0 aromatic heterocycles. The first kappa shape index (κ1) is 16.3. The summed E-state index contributed by atoms with van der Waals surface area (Å²) in [5.74, 6) is -1.15. The van der Waals surface area contributed by atoms with Crippen LogP contribution < -0.4 is 10.6 Å². The number of carboxylic acid groups (broad SMARTS) is 1. The molecule has 0 radical (unpaired) electrons. The first-order valence-electron chi connectivity index (χ1n) is 6.94. The molecule has 1 aliphatic carbocycles. The van der Waals surface area contributed by atoms with E-state index >= 15 is 0 Å². The molecule has 7 nitrogen and oxygen atoms in total. The zero-order chi connectivity index (χ0) is 15.2. The van der Waals surface area contributed by atoms with Crippen LogP contribution in [0.25, 0.3) is 0 Å². The van der Waals surface area contributed by atoms with Gasteiger partial charge in [-0.25, -0.2) is 4.79 Å². The van der Waals surface area contributed by atoms with Gasteiger partial charge in [0.25, 0.3) is 0 Å². The van der Waals surface area contributed by atoms with E-state index in [0.29, 0.717) is 19.4 Å². The van der Waals surface area contributed by atoms with E-state index in [1.807, 2.05) is 6.92 Å². The predicted molar refractivity (Wildman–Crippen MR) is 73.3 cm³/mol. The summed E-state index contributed by atoms with van der Waals surface area (Å²) >= 11 is 0. The summed E-state index contributed by atoms with van der Waals surface area (Å²) in [6.45, 7) is 2.44. The van der Waals surface area contributed by atoms with Gasteiger partial charge in [-0.15, -0.1) is 0 Å². The second kappa shape index (κ2) is 7.12. The van der Waals surface area contributed by atoms with Crippen molar-refractivity contribution in [3.05, 3.63) is 0 Å². The van der Waals surface area contributed by atoms with Crippen LogP contribution >= 0.6 is 0 Å². The third-order valence-electron chi connectivity index (χ3n) is 3.56. The number of carboxylic acids is 1. The predicted octanol–water partition coefficient (Wildman–Crippen LogP) is 0.551. The fourth-order valence-electron chi connectivity index (χ4n) is 2.52. The van der Waals surface area contributed by atoms with Crippen molar-refractivity contribution in [2.75, 3.05) is 20.1 Å². The maximum absolute atomic E-state index is 12.5. The van der Waals surface area contributed by atoms with E-state index in [0.717, 1.165) is 12.8 Å². The van der Waals surface area contributed by atoms with Gasteiger partial charge in [-0.05, 0) is 19.8 Å². The number of aliphatic carboxylic acids is 1. The molecule has 0 spiro atoms. The van der Waals surface area contributed by atoms with Crippen molar-refractivity contribution in [1.29, 1.82) is 0 Å². The number of carbonyl (C=O) groups is 3. The number of likely N-dealkylation sites (N-methyl/N-ethyl adjacent to an activating group) is 1. The molecule has 0 aromatic rings. The van der Waals surface area contributed by atoms with Crippen LogP contribution in [-0.2, 0) is 9.59 Å². The Balaban J connectivity index is 2.71. The molecule has 0 bridgehead atoms. The molecule has 3 amide bonds. The Morgan fingerprint density at radius 1 is 1.25 bits per heavy atom. The van der Waals surface area contributed by atoms with Crippen molar-refractivity contribution < 1.29 is 19.5 Å². The van der Waals surface area contributed by atoms with Crippen molar-refractivity contribution in [2.45, 2.75) is 44.6 Å². The number of hydrogen-bond acceptors (Lipinski definition) is 3. The molecule has 1 saturated carbocycles. The second-order valence-electron chi connectivity index (χ2n) is 5.14. The van der Waals surface area contributed by atoms with E-state index in [2.05, 4.69) is 10.6 Å². The molecule has 1 rings (SSSR count). The van der Waals surface area contributed by atoms with Gasteiger partial charge in [0.2, 0.25) is 5.91 Å². The maximum Gasteiger partial charge on any atom is 0.315 e. The fourth-order valence-corrected chi connectivity index (χ4v) is 2.52. The van der Waals surface area contributed by atoms with Crippen molar-refractivity contribution in [1.82, 2.24) is 15.5 Å². The van der Waals surface area contributed by atoms with E-state index in [1.165, 1.54) is 4.90 Å². The zero-order valence-corrected chi connectivity index (χ0v) is 12.1. The topological polar surface area (TPSA) is 98.7 Å². The molecule has 0 atom stereocenters. The third-order valence-corrected chi connectivity index (χ3v) is 3.56. The minimum Gasteiger partial charge on any atom is -0.481 e. The lowest BCUT2D eigenvalue weighted by atomic mass is 9.95. The van der Waals surface area contributed by atoms with Crippen LogP contribution in [0.15, 0.2) is 0 Å². The van der Waals surface area contributed by atoms with Gasteiger partial charge in [-0.1, -0.05) is 12.8 Å². The first-order chi connectivity index (χ1) is 9.41. The number of amides is 3. The molecule has 3 N–H and O–H groups in total. The smallest absolute Gasteiger partial charge is 0.315 e. The van der Waals surface area contributed by atoms with Crippen LogP contribution in [0.1, 0.15) is 39.0 Å². The van der Waals surface area contributed by atoms with Crippen LogP contribution in [-0.4, -0.2) is 53.6 Å². The number of hydrogen-bond donors (Lipinski definition) is 3. The van der Waals surface area contributed by atoms with Gasteiger partial charge >= 0.3 is 12.0 Å². The van der Waals surface area contributed by atoms with Crippen LogP contribution in [0, 0.1) is 0 Å². The highest BCUT2D eigenvalue weighted by Crippen LogP contribution is 2.31. The number of urea groups is 1. The van der Waals surface area contributed by atoms with E-state index in [9.17, 15) is 14.4 Å². The summed E-state index contributed by atoms with van der Waals surface area (Å²) in [6, 6.07) is -0.352. The molecule has 1 fully saturated rings. The molecule has 7 heteroatoms. The fraction of sp³-hybridized carbons (Fsp3) is 0.769. The summed E-state index contributed by atoms with van der Waals surface area (Å²) in [5.41, 5.74) is -0.882. The Labute approximate surface area is 118 Å². The van der Waals surface area contributed by atoms with Crippen molar-refractivity contribution in [3.63, 3.8) is 0 Å². The van der Waals surface area contributed by atoms with Gasteiger partial charge in [-0.3, -0.25) is 9.59 Å². The van der Waals surface area contributed by atoms with Gasteiger partial charge in [0.05, 0.1) is 6.42 Å². The Kier molecular flexibility index (Phi) is 5.79. The minimum absolute atomic E-state index is 0.0977. The molecule has 0 aromatic carbocycles. The highest BCUT2D eigenvalue weighted by Gasteiger charge is 2.43. The SMILES string of the molecule is CCNC(=O)NC1(C(=O)N(C)CCC(=O)O)CCCC1. The van der Waals surface area contributed by atoms with E-state index < -0.39 is 11.5 Å². The second-order valence-corrected chi connectivity index (χ2v) is 5.14. The molecule has 20 heavy (non-hydrogen) atoms. The van der Waals surface area contributed by atoms with Gasteiger partial charge in [0, 0.05) is 20.1 Å². The van der Waals surface area contributed by atoms with E-state index in [-0.39, 0.29) is 24.9 Å². The molecular formula is C13H23N3O4.